The summed E-state index contributed by atoms with van der Waals surface area (Å²) in [5.74, 6) is -1.20. The molecule has 3 amide bonds. The second-order valence-corrected chi connectivity index (χ2v) is 9.91. The number of aryl methyl sites for hydroxylation is 2. The summed E-state index contributed by atoms with van der Waals surface area (Å²) in [5.41, 5.74) is 14.2. The van der Waals surface area contributed by atoms with Crippen LogP contribution in [0.1, 0.15) is 55.7 Å². The maximum atomic E-state index is 14.1. The zero-order valence-electron chi connectivity index (χ0n) is 21.5. The van der Waals surface area contributed by atoms with Crippen LogP contribution < -0.4 is 26.4 Å². The van der Waals surface area contributed by atoms with Crippen LogP contribution in [0.2, 0.25) is 0 Å². The number of benzene rings is 2. The summed E-state index contributed by atoms with van der Waals surface area (Å²) in [7, 11) is 1.55. The number of amides is 3. The molecule has 3 aromatic rings. The van der Waals surface area contributed by atoms with Gasteiger partial charge in [0, 0.05) is 18.8 Å². The van der Waals surface area contributed by atoms with Gasteiger partial charge in [-0.05, 0) is 79.2 Å². The van der Waals surface area contributed by atoms with E-state index in [-0.39, 0.29) is 22.4 Å². The normalized spacial score (nSPS) is 15.6. The van der Waals surface area contributed by atoms with Gasteiger partial charge in [0.05, 0.1) is 18.9 Å². The molecule has 2 heterocycles. The van der Waals surface area contributed by atoms with Gasteiger partial charge in [-0.1, -0.05) is 18.2 Å². The van der Waals surface area contributed by atoms with E-state index in [2.05, 4.69) is 9.69 Å². The van der Waals surface area contributed by atoms with Gasteiger partial charge in [-0.15, -0.1) is 0 Å². The first-order chi connectivity index (χ1) is 18.2. The van der Waals surface area contributed by atoms with Crippen LogP contribution in [0, 0.1) is 13.8 Å². The van der Waals surface area contributed by atoms with Crippen molar-refractivity contribution in [3.05, 3.63) is 69.7 Å². The molecule has 200 valence electrons. The van der Waals surface area contributed by atoms with E-state index in [0.29, 0.717) is 30.2 Å². The first-order valence-electron chi connectivity index (χ1n) is 12.2. The molecular weight excluding hydrogens is 506 g/mol. The number of nitrogens with zero attached hydrogens (tertiary/aromatic N) is 2. The summed E-state index contributed by atoms with van der Waals surface area (Å²) >= 11 is 0.768. The molecule has 2 atom stereocenters. The topological polar surface area (TPSA) is 150 Å². The Morgan fingerprint density at radius 3 is 2.50 bits per heavy atom. The fourth-order valence-corrected chi connectivity index (χ4v) is 5.06. The van der Waals surface area contributed by atoms with Crippen LogP contribution in [0.3, 0.4) is 0 Å². The summed E-state index contributed by atoms with van der Waals surface area (Å²) in [6.07, 6.45) is 1.69. The van der Waals surface area contributed by atoms with Gasteiger partial charge in [-0.25, -0.2) is 0 Å². The molecule has 0 radical (unpaired) electrons. The lowest BCUT2D eigenvalue weighted by Crippen LogP contribution is -2.45. The van der Waals surface area contributed by atoms with Gasteiger partial charge in [-0.2, -0.15) is 4.37 Å². The van der Waals surface area contributed by atoms with Crippen LogP contribution in [0.4, 0.5) is 11.4 Å². The molecule has 1 aliphatic rings. The van der Waals surface area contributed by atoms with E-state index >= 15 is 0 Å². The first kappa shape index (κ1) is 27.1. The summed E-state index contributed by atoms with van der Waals surface area (Å²) in [6.45, 7) is 4.85. The SMILES string of the molecule is COc1ccc([C@H](C(=O)NC[C@@H]2CCCO2)N(C(=O)c2snc(C(N)=O)c2N)c2ccc(C)c(C)c2)cc1. The Bertz CT molecular complexity index is 1330. The van der Waals surface area contributed by atoms with Gasteiger partial charge < -0.3 is 26.3 Å². The third kappa shape index (κ3) is 5.63. The number of carbonyl (C=O) groups is 3. The number of hydrogen-bond donors (Lipinski definition) is 3. The van der Waals surface area contributed by atoms with E-state index in [9.17, 15) is 14.4 Å². The molecule has 0 saturated carbocycles. The Labute approximate surface area is 225 Å². The fourth-order valence-electron chi connectivity index (χ4n) is 4.32. The highest BCUT2D eigenvalue weighted by molar-refractivity contribution is 7.09. The molecule has 0 spiro atoms. The molecule has 1 aliphatic heterocycles. The number of nitrogens with two attached hydrogens (primary N) is 2. The number of ether oxygens (including phenoxy) is 2. The van der Waals surface area contributed by atoms with Crippen molar-refractivity contribution in [2.75, 3.05) is 30.9 Å². The number of carbonyl (C=O) groups excluding carboxylic acids is 3. The summed E-state index contributed by atoms with van der Waals surface area (Å²) in [5, 5.41) is 2.97. The molecule has 2 aromatic carbocycles. The lowest BCUT2D eigenvalue weighted by molar-refractivity contribution is -0.123. The lowest BCUT2D eigenvalue weighted by atomic mass is 10.0. The molecule has 10 nitrogen and oxygen atoms in total. The van der Waals surface area contributed by atoms with Crippen molar-refractivity contribution >= 4 is 40.6 Å². The minimum atomic E-state index is -1.07. The van der Waals surface area contributed by atoms with E-state index in [1.165, 1.54) is 4.90 Å². The standard InChI is InChI=1S/C27H31N5O5S/c1-15-6-9-18(13-16(15)2)32(27(35)24-21(28)22(25(29)33)31-38-24)23(17-7-10-19(36-3)11-8-17)26(34)30-14-20-5-4-12-37-20/h6-11,13,20,23H,4-5,12,14,28H2,1-3H3,(H2,29,33)(H,30,34)/t20-,23+/m0/s1. The molecule has 38 heavy (non-hydrogen) atoms. The van der Waals surface area contributed by atoms with Gasteiger partial charge in [-0.3, -0.25) is 19.3 Å². The van der Waals surface area contributed by atoms with Crippen LogP contribution in [-0.2, 0) is 9.53 Å². The number of nitrogens with one attached hydrogen (secondary N) is 1. The van der Waals surface area contributed by atoms with Crippen molar-refractivity contribution in [2.24, 2.45) is 5.73 Å². The molecule has 11 heteroatoms. The van der Waals surface area contributed by atoms with Crippen molar-refractivity contribution < 1.29 is 23.9 Å². The van der Waals surface area contributed by atoms with Crippen molar-refractivity contribution in [1.82, 2.24) is 9.69 Å². The average molecular weight is 538 g/mol. The Kier molecular flexibility index (Phi) is 8.28. The maximum absolute atomic E-state index is 14.1. The molecule has 1 aromatic heterocycles. The third-order valence-corrected chi connectivity index (χ3v) is 7.46. The molecule has 0 aliphatic carbocycles. The van der Waals surface area contributed by atoms with Gasteiger partial charge in [0.1, 0.15) is 16.7 Å². The average Bonchev–Trinajstić information content (AvgIpc) is 3.57. The van der Waals surface area contributed by atoms with Crippen LogP contribution >= 0.6 is 11.5 Å². The molecule has 0 bridgehead atoms. The van der Waals surface area contributed by atoms with Crippen molar-refractivity contribution in [3.8, 4) is 5.75 Å². The smallest absolute Gasteiger partial charge is 0.273 e. The summed E-state index contributed by atoms with van der Waals surface area (Å²) in [6, 6.07) is 11.3. The third-order valence-electron chi connectivity index (χ3n) is 6.61. The highest BCUT2D eigenvalue weighted by Crippen LogP contribution is 2.34. The van der Waals surface area contributed by atoms with E-state index in [1.54, 1.807) is 37.4 Å². The monoisotopic (exact) mass is 537 g/mol. The minimum Gasteiger partial charge on any atom is -0.497 e. The largest absolute Gasteiger partial charge is 0.497 e. The molecule has 5 N–H and O–H groups in total. The molecular formula is C27H31N5O5S. The Morgan fingerprint density at radius 2 is 1.92 bits per heavy atom. The number of rotatable bonds is 9. The highest BCUT2D eigenvalue weighted by Gasteiger charge is 2.36. The number of anilines is 2. The summed E-state index contributed by atoms with van der Waals surface area (Å²) in [4.78, 5) is 41.2. The number of nitrogen functional groups attached to an aromatic ring is 1. The molecule has 1 fully saturated rings. The van der Waals surface area contributed by atoms with E-state index in [4.69, 9.17) is 20.9 Å². The number of methoxy groups -OCH3 is 1. The van der Waals surface area contributed by atoms with Gasteiger partial charge >= 0.3 is 0 Å². The van der Waals surface area contributed by atoms with Crippen molar-refractivity contribution in [3.63, 3.8) is 0 Å². The molecule has 4 rings (SSSR count). The zero-order valence-corrected chi connectivity index (χ0v) is 22.3. The highest BCUT2D eigenvalue weighted by atomic mass is 32.1. The van der Waals surface area contributed by atoms with Crippen LogP contribution in [-0.4, -0.2) is 48.5 Å². The van der Waals surface area contributed by atoms with Crippen molar-refractivity contribution in [2.45, 2.75) is 38.8 Å². The van der Waals surface area contributed by atoms with Crippen molar-refractivity contribution in [1.29, 1.82) is 0 Å². The first-order valence-corrected chi connectivity index (χ1v) is 13.0. The second-order valence-electron chi connectivity index (χ2n) is 9.14. The van der Waals surface area contributed by atoms with E-state index in [0.717, 1.165) is 35.5 Å². The van der Waals surface area contributed by atoms with Crippen LogP contribution in [0.5, 0.6) is 5.75 Å². The van der Waals surface area contributed by atoms with Gasteiger partial charge in [0.2, 0.25) is 5.91 Å². The predicted octanol–water partition coefficient (Wildman–Crippen LogP) is 3.13. The Morgan fingerprint density at radius 1 is 1.18 bits per heavy atom. The fraction of sp³-hybridized carbons (Fsp3) is 0.333. The Hall–Kier alpha value is -3.96. The Balaban J connectivity index is 1.83. The van der Waals surface area contributed by atoms with Crippen LogP contribution in [0.25, 0.3) is 0 Å². The van der Waals surface area contributed by atoms with Gasteiger partial charge in [0.15, 0.2) is 5.69 Å². The summed E-state index contributed by atoms with van der Waals surface area (Å²) < 4.78 is 15.0. The van der Waals surface area contributed by atoms with E-state index in [1.807, 2.05) is 26.0 Å². The zero-order chi connectivity index (χ0) is 27.4. The minimum absolute atomic E-state index is 0.0162. The predicted molar refractivity (Wildman–Crippen MR) is 145 cm³/mol. The van der Waals surface area contributed by atoms with E-state index < -0.39 is 23.8 Å². The lowest BCUT2D eigenvalue weighted by Gasteiger charge is -2.32. The molecule has 0 unspecified atom stereocenters. The quantitative estimate of drug-likeness (QED) is 0.379. The van der Waals surface area contributed by atoms with Gasteiger partial charge in [0.25, 0.3) is 11.8 Å². The number of hydrogen-bond acceptors (Lipinski definition) is 8. The number of primary amides is 1. The number of aromatic nitrogens is 1. The molecule has 1 saturated heterocycles. The van der Waals surface area contributed by atoms with Crippen LogP contribution in [0.15, 0.2) is 42.5 Å². The second kappa shape index (κ2) is 11.6. The maximum Gasteiger partial charge on any atom is 0.273 e.